The lowest BCUT2D eigenvalue weighted by molar-refractivity contribution is 0.387. The largest absolute Gasteiger partial charge is 0.497 e. The van der Waals surface area contributed by atoms with Crippen LogP contribution in [0.3, 0.4) is 0 Å². The molecule has 110 valence electrons. The Balaban J connectivity index is 0.00000132. The van der Waals surface area contributed by atoms with Gasteiger partial charge in [0.1, 0.15) is 5.75 Å². The maximum atomic E-state index is 5.43. The van der Waals surface area contributed by atoms with Crippen molar-refractivity contribution in [2.45, 2.75) is 31.3 Å². The van der Waals surface area contributed by atoms with Crippen LogP contribution in [-0.2, 0) is 13.0 Å². The van der Waals surface area contributed by atoms with Crippen LogP contribution in [0.1, 0.15) is 34.6 Å². The van der Waals surface area contributed by atoms with E-state index in [1.165, 1.54) is 28.7 Å². The Morgan fingerprint density at radius 2 is 1.90 bits per heavy atom. The Bertz CT molecular complexity index is 655. The molecule has 0 aromatic heterocycles. The van der Waals surface area contributed by atoms with E-state index in [9.17, 15) is 0 Å². The Labute approximate surface area is 131 Å². The van der Waals surface area contributed by atoms with Gasteiger partial charge in [-0.25, -0.2) is 0 Å². The fourth-order valence-corrected chi connectivity index (χ4v) is 3.76. The van der Waals surface area contributed by atoms with E-state index in [1.54, 1.807) is 7.11 Å². The van der Waals surface area contributed by atoms with Crippen LogP contribution in [0.15, 0.2) is 42.5 Å². The molecule has 3 heteroatoms. The predicted octanol–water partition coefficient (Wildman–Crippen LogP) is 3.67. The molecule has 0 amide bonds. The summed E-state index contributed by atoms with van der Waals surface area (Å²) >= 11 is 0. The van der Waals surface area contributed by atoms with Gasteiger partial charge in [0.15, 0.2) is 0 Å². The lowest BCUT2D eigenvalue weighted by Crippen LogP contribution is -2.42. The van der Waals surface area contributed by atoms with E-state index in [0.29, 0.717) is 12.0 Å². The van der Waals surface area contributed by atoms with Crippen LogP contribution in [-0.4, -0.2) is 13.2 Å². The molecule has 2 atom stereocenters. The van der Waals surface area contributed by atoms with Gasteiger partial charge < -0.3 is 10.1 Å². The van der Waals surface area contributed by atoms with Gasteiger partial charge in [0, 0.05) is 18.5 Å². The van der Waals surface area contributed by atoms with Crippen LogP contribution in [0.25, 0.3) is 0 Å². The maximum absolute atomic E-state index is 5.43. The fraction of sp³-hybridized carbons (Fsp3) is 0.333. The lowest BCUT2D eigenvalue weighted by Gasteiger charge is -2.39. The van der Waals surface area contributed by atoms with E-state index in [4.69, 9.17) is 4.74 Å². The Hall–Kier alpha value is -1.51. The van der Waals surface area contributed by atoms with Gasteiger partial charge in [0.05, 0.1) is 7.11 Å². The van der Waals surface area contributed by atoms with Gasteiger partial charge in [-0.2, -0.15) is 0 Å². The minimum absolute atomic E-state index is 0. The first-order valence-corrected chi connectivity index (χ1v) is 7.35. The maximum Gasteiger partial charge on any atom is 0.119 e. The standard InChI is InChI=1S/C18H19NO.ClH/c1-20-14-8-6-12-7-9-17-18(16(12)10-14)15-5-3-2-4-13(15)11-19-17;/h2-6,8,10,17-19H,7,9,11H2,1H3;1H/t17-,18-;/m1./s1. The van der Waals surface area contributed by atoms with E-state index in [-0.39, 0.29) is 12.4 Å². The molecule has 0 unspecified atom stereocenters. The average Bonchev–Trinajstić information content (AvgIpc) is 2.53. The number of fused-ring (bicyclic) bond motifs is 5. The van der Waals surface area contributed by atoms with Crippen molar-refractivity contribution in [3.05, 3.63) is 64.7 Å². The molecular formula is C18H20ClNO. The summed E-state index contributed by atoms with van der Waals surface area (Å²) in [6.07, 6.45) is 2.38. The first kappa shape index (κ1) is 14.4. The van der Waals surface area contributed by atoms with Crippen molar-refractivity contribution in [3.63, 3.8) is 0 Å². The number of hydrogen-bond acceptors (Lipinski definition) is 2. The minimum Gasteiger partial charge on any atom is -0.497 e. The van der Waals surface area contributed by atoms with Crippen LogP contribution in [0.2, 0.25) is 0 Å². The van der Waals surface area contributed by atoms with Crippen molar-refractivity contribution >= 4 is 12.4 Å². The summed E-state index contributed by atoms with van der Waals surface area (Å²) in [5.41, 5.74) is 5.85. The van der Waals surface area contributed by atoms with Gasteiger partial charge in [0.2, 0.25) is 0 Å². The van der Waals surface area contributed by atoms with Gasteiger partial charge in [-0.1, -0.05) is 30.3 Å². The van der Waals surface area contributed by atoms with Crippen molar-refractivity contribution in [1.82, 2.24) is 5.32 Å². The van der Waals surface area contributed by atoms with Crippen molar-refractivity contribution in [1.29, 1.82) is 0 Å². The van der Waals surface area contributed by atoms with Crippen molar-refractivity contribution < 1.29 is 4.74 Å². The number of rotatable bonds is 1. The molecule has 0 spiro atoms. The van der Waals surface area contributed by atoms with E-state index in [0.717, 1.165) is 18.7 Å². The number of ether oxygens (including phenoxy) is 1. The fourth-order valence-electron chi connectivity index (χ4n) is 3.76. The van der Waals surface area contributed by atoms with Crippen LogP contribution in [0, 0.1) is 0 Å². The highest BCUT2D eigenvalue weighted by atomic mass is 35.5. The van der Waals surface area contributed by atoms with Gasteiger partial charge >= 0.3 is 0 Å². The summed E-state index contributed by atoms with van der Waals surface area (Å²) in [7, 11) is 1.75. The molecule has 2 aromatic carbocycles. The number of aryl methyl sites for hydroxylation is 1. The summed E-state index contributed by atoms with van der Waals surface area (Å²) in [5.74, 6) is 1.44. The van der Waals surface area contributed by atoms with Gasteiger partial charge in [-0.3, -0.25) is 0 Å². The van der Waals surface area contributed by atoms with Crippen LogP contribution >= 0.6 is 12.4 Å². The van der Waals surface area contributed by atoms with Gasteiger partial charge in [-0.05, 0) is 47.2 Å². The van der Waals surface area contributed by atoms with Crippen LogP contribution < -0.4 is 10.1 Å². The SMILES string of the molecule is COc1ccc2c(c1)[C@H]1c3ccccc3CN[C@@H]1CC2.Cl. The second-order valence-electron chi connectivity index (χ2n) is 5.77. The molecule has 0 fully saturated rings. The third-order valence-corrected chi connectivity index (χ3v) is 4.76. The van der Waals surface area contributed by atoms with E-state index >= 15 is 0 Å². The summed E-state index contributed by atoms with van der Waals surface area (Å²) in [6.45, 7) is 0.997. The molecule has 21 heavy (non-hydrogen) atoms. The Morgan fingerprint density at radius 3 is 2.76 bits per heavy atom. The average molecular weight is 302 g/mol. The number of halogens is 1. The van der Waals surface area contributed by atoms with Gasteiger partial charge in [0.25, 0.3) is 0 Å². The third kappa shape index (κ3) is 2.33. The highest BCUT2D eigenvalue weighted by molar-refractivity contribution is 5.85. The highest BCUT2D eigenvalue weighted by Crippen LogP contribution is 2.41. The molecule has 0 saturated heterocycles. The zero-order valence-corrected chi connectivity index (χ0v) is 13.0. The Kier molecular flexibility index (Phi) is 3.92. The zero-order valence-electron chi connectivity index (χ0n) is 12.1. The second kappa shape index (κ2) is 5.70. The van der Waals surface area contributed by atoms with Crippen molar-refractivity contribution in [2.75, 3.05) is 7.11 Å². The monoisotopic (exact) mass is 301 g/mol. The first-order chi connectivity index (χ1) is 9.86. The summed E-state index contributed by atoms with van der Waals surface area (Å²) in [6, 6.07) is 15.9. The smallest absolute Gasteiger partial charge is 0.119 e. The topological polar surface area (TPSA) is 21.3 Å². The number of benzene rings is 2. The van der Waals surface area contributed by atoms with Crippen molar-refractivity contribution in [3.8, 4) is 5.75 Å². The minimum atomic E-state index is 0. The Morgan fingerprint density at radius 1 is 1.05 bits per heavy atom. The quantitative estimate of drug-likeness (QED) is 0.868. The molecule has 1 heterocycles. The van der Waals surface area contributed by atoms with E-state index in [2.05, 4.69) is 47.8 Å². The molecule has 2 aromatic rings. The predicted molar refractivity (Wildman–Crippen MR) is 87.5 cm³/mol. The van der Waals surface area contributed by atoms with Crippen LogP contribution in [0.5, 0.6) is 5.75 Å². The second-order valence-corrected chi connectivity index (χ2v) is 5.77. The number of hydrogen-bond donors (Lipinski definition) is 1. The molecule has 0 radical (unpaired) electrons. The number of nitrogens with one attached hydrogen (secondary N) is 1. The third-order valence-electron chi connectivity index (χ3n) is 4.76. The molecule has 2 aliphatic rings. The van der Waals surface area contributed by atoms with E-state index < -0.39 is 0 Å². The lowest BCUT2D eigenvalue weighted by atomic mass is 9.72. The molecule has 1 N–H and O–H groups in total. The molecule has 2 nitrogen and oxygen atoms in total. The normalized spacial score (nSPS) is 22.3. The number of methoxy groups -OCH3 is 1. The summed E-state index contributed by atoms with van der Waals surface area (Å²) in [5, 5.41) is 3.71. The van der Waals surface area contributed by atoms with Gasteiger partial charge in [-0.15, -0.1) is 12.4 Å². The zero-order chi connectivity index (χ0) is 13.5. The summed E-state index contributed by atoms with van der Waals surface area (Å²) < 4.78 is 5.43. The molecular weight excluding hydrogens is 282 g/mol. The molecule has 1 aliphatic heterocycles. The van der Waals surface area contributed by atoms with Crippen LogP contribution in [0.4, 0.5) is 0 Å². The summed E-state index contributed by atoms with van der Waals surface area (Å²) in [4.78, 5) is 0. The first-order valence-electron chi connectivity index (χ1n) is 7.35. The molecule has 0 bridgehead atoms. The van der Waals surface area contributed by atoms with Crippen molar-refractivity contribution in [2.24, 2.45) is 0 Å². The highest BCUT2D eigenvalue weighted by Gasteiger charge is 2.34. The molecule has 0 saturated carbocycles. The molecule has 1 aliphatic carbocycles. The molecule has 4 rings (SSSR count). The van der Waals surface area contributed by atoms with E-state index in [1.807, 2.05) is 0 Å².